The monoisotopic (exact) mass is 416 g/mol. The minimum Gasteiger partial charge on any atom is -0.247 e. The molecule has 0 amide bonds. The number of pyridine rings is 1. The zero-order chi connectivity index (χ0) is 20.5. The van der Waals surface area contributed by atoms with Gasteiger partial charge >= 0.3 is 0 Å². The molecule has 2 atom stereocenters. The molecule has 0 bridgehead atoms. The summed E-state index contributed by atoms with van der Waals surface area (Å²) in [6.45, 7) is 7.80. The number of thioether (sulfide) groups is 1. The molecule has 0 aliphatic carbocycles. The molecule has 0 aliphatic rings. The van der Waals surface area contributed by atoms with Crippen LogP contribution in [0.25, 0.3) is 22.2 Å². The maximum Gasteiger partial charge on any atom is 0.125 e. The maximum atomic E-state index is 13.8. The smallest absolute Gasteiger partial charge is 0.125 e. The van der Waals surface area contributed by atoms with E-state index in [1.807, 2.05) is 64.3 Å². The first kappa shape index (κ1) is 21.0. The van der Waals surface area contributed by atoms with E-state index >= 15 is 0 Å². The lowest BCUT2D eigenvalue weighted by molar-refractivity contribution is 0.616. The Morgan fingerprint density at radius 2 is 1.86 bits per heavy atom. The number of rotatable bonds is 5. The molecule has 1 N–H and O–H groups in total. The Morgan fingerprint density at radius 3 is 2.54 bits per heavy atom. The summed E-state index contributed by atoms with van der Waals surface area (Å²) >= 11 is 1.64. The lowest BCUT2D eigenvalue weighted by atomic mass is 9.99. The van der Waals surface area contributed by atoms with E-state index in [0.717, 1.165) is 27.1 Å². The van der Waals surface area contributed by atoms with Crippen LogP contribution in [0.4, 0.5) is 4.39 Å². The van der Waals surface area contributed by atoms with Crippen LogP contribution in [-0.2, 0) is 11.0 Å². The van der Waals surface area contributed by atoms with Gasteiger partial charge in [0.15, 0.2) is 0 Å². The number of fused-ring (bicyclic) bond motifs is 1. The van der Waals surface area contributed by atoms with Gasteiger partial charge in [0.2, 0.25) is 0 Å². The van der Waals surface area contributed by atoms with Crippen LogP contribution < -0.4 is 4.72 Å². The molecule has 2 aromatic carbocycles. The quantitative estimate of drug-likeness (QED) is 0.529. The van der Waals surface area contributed by atoms with Crippen molar-refractivity contribution in [2.24, 2.45) is 0 Å². The number of hydrogen-bond acceptors (Lipinski definition) is 3. The summed E-state index contributed by atoms with van der Waals surface area (Å²) in [7, 11) is -1.22. The summed E-state index contributed by atoms with van der Waals surface area (Å²) in [6, 6.07) is 14.5. The molecule has 0 saturated carbocycles. The zero-order valence-corrected chi connectivity index (χ0v) is 18.4. The predicted molar refractivity (Wildman–Crippen MR) is 118 cm³/mol. The number of halogens is 1. The lowest BCUT2D eigenvalue weighted by Gasteiger charge is -2.24. The molecule has 0 saturated heterocycles. The van der Waals surface area contributed by atoms with Crippen molar-refractivity contribution >= 4 is 33.7 Å². The first-order chi connectivity index (χ1) is 13.2. The summed E-state index contributed by atoms with van der Waals surface area (Å²) in [6.07, 6.45) is 2.02. The second-order valence-corrected chi connectivity index (χ2v) is 10.5. The third-order valence-electron chi connectivity index (χ3n) is 4.48. The highest BCUT2D eigenvalue weighted by Crippen LogP contribution is 2.35. The molecule has 0 unspecified atom stereocenters. The fraction of sp³-hybridized carbons (Fsp3) is 0.318. The van der Waals surface area contributed by atoms with E-state index in [1.165, 1.54) is 12.1 Å². The van der Waals surface area contributed by atoms with Crippen LogP contribution >= 0.6 is 11.8 Å². The highest BCUT2D eigenvalue weighted by atomic mass is 32.2. The standard InChI is InChI=1S/C22H25FN2OS2/c1-14(25-28(26)22(2,3)4)18-12-15-10-11-16(23)13-19(15)24-21(18)17-8-6-7-9-20(17)27-5/h6-14,25H,1-5H3/t14-,28+/m0/s1. The average Bonchev–Trinajstić information content (AvgIpc) is 2.66. The molecule has 6 heteroatoms. The summed E-state index contributed by atoms with van der Waals surface area (Å²) in [4.78, 5) is 5.91. The van der Waals surface area contributed by atoms with Crippen molar-refractivity contribution in [3.63, 3.8) is 0 Å². The van der Waals surface area contributed by atoms with Crippen LogP contribution in [0.2, 0.25) is 0 Å². The molecule has 3 rings (SSSR count). The van der Waals surface area contributed by atoms with Crippen LogP contribution in [0.3, 0.4) is 0 Å². The summed E-state index contributed by atoms with van der Waals surface area (Å²) in [5.74, 6) is -0.308. The third-order valence-corrected chi connectivity index (χ3v) is 6.95. The van der Waals surface area contributed by atoms with Gasteiger partial charge in [0.25, 0.3) is 0 Å². The van der Waals surface area contributed by atoms with E-state index in [2.05, 4.69) is 4.72 Å². The van der Waals surface area contributed by atoms with Crippen molar-refractivity contribution in [2.75, 3.05) is 6.26 Å². The van der Waals surface area contributed by atoms with Gasteiger partial charge in [-0.3, -0.25) is 0 Å². The highest BCUT2D eigenvalue weighted by molar-refractivity contribution is 7.98. The van der Waals surface area contributed by atoms with Gasteiger partial charge in [-0.1, -0.05) is 18.2 Å². The van der Waals surface area contributed by atoms with Crippen LogP contribution in [0, 0.1) is 5.82 Å². The maximum absolute atomic E-state index is 13.8. The molecule has 0 spiro atoms. The van der Waals surface area contributed by atoms with Crippen LogP contribution in [0.15, 0.2) is 53.4 Å². The Labute approximate surface area is 172 Å². The van der Waals surface area contributed by atoms with Gasteiger partial charge in [0.1, 0.15) is 5.82 Å². The van der Waals surface area contributed by atoms with Crippen molar-refractivity contribution in [1.82, 2.24) is 9.71 Å². The Bertz CT molecular complexity index is 1030. The van der Waals surface area contributed by atoms with Gasteiger partial charge in [-0.2, -0.15) is 0 Å². The second kappa shape index (κ2) is 8.31. The lowest BCUT2D eigenvalue weighted by Crippen LogP contribution is -2.35. The molecule has 3 nitrogen and oxygen atoms in total. The van der Waals surface area contributed by atoms with Gasteiger partial charge in [0.05, 0.1) is 26.9 Å². The summed E-state index contributed by atoms with van der Waals surface area (Å²) in [5.41, 5.74) is 3.33. The topological polar surface area (TPSA) is 42.0 Å². The van der Waals surface area contributed by atoms with Gasteiger partial charge in [0, 0.05) is 28.0 Å². The Kier molecular flexibility index (Phi) is 6.22. The first-order valence-corrected chi connectivity index (χ1v) is 11.5. The van der Waals surface area contributed by atoms with E-state index < -0.39 is 11.0 Å². The zero-order valence-electron chi connectivity index (χ0n) is 16.7. The molecule has 0 aliphatic heterocycles. The van der Waals surface area contributed by atoms with Crippen LogP contribution in [0.5, 0.6) is 0 Å². The Balaban J connectivity index is 2.19. The Morgan fingerprint density at radius 1 is 1.14 bits per heavy atom. The highest BCUT2D eigenvalue weighted by Gasteiger charge is 2.24. The van der Waals surface area contributed by atoms with Crippen molar-refractivity contribution < 1.29 is 8.60 Å². The second-order valence-electron chi connectivity index (χ2n) is 7.68. The van der Waals surface area contributed by atoms with Crippen LogP contribution in [-0.4, -0.2) is 20.2 Å². The summed E-state index contributed by atoms with van der Waals surface area (Å²) < 4.78 is 29.3. The largest absolute Gasteiger partial charge is 0.247 e. The van der Waals surface area contributed by atoms with E-state index in [1.54, 1.807) is 17.8 Å². The molecule has 3 aromatic rings. The predicted octanol–water partition coefficient (Wildman–Crippen LogP) is 5.88. The number of benzene rings is 2. The molecular formula is C22H25FN2OS2. The molecule has 1 aromatic heterocycles. The van der Waals surface area contributed by atoms with Crippen molar-refractivity contribution in [1.29, 1.82) is 0 Å². The third kappa shape index (κ3) is 4.45. The number of nitrogens with one attached hydrogen (secondary N) is 1. The SMILES string of the molecule is CSc1ccccc1-c1nc2cc(F)ccc2cc1[C@H](C)N[S@](=O)C(C)(C)C. The summed E-state index contributed by atoms with van der Waals surface area (Å²) in [5, 5.41) is 0.858. The minimum absolute atomic E-state index is 0.188. The van der Waals surface area contributed by atoms with Gasteiger partial charge in [-0.25, -0.2) is 18.3 Å². The fourth-order valence-corrected chi connectivity index (χ4v) is 4.34. The van der Waals surface area contributed by atoms with E-state index in [0.29, 0.717) is 5.52 Å². The van der Waals surface area contributed by atoms with Crippen molar-refractivity contribution in [2.45, 2.75) is 43.4 Å². The molecular weight excluding hydrogens is 391 g/mol. The number of aromatic nitrogens is 1. The van der Waals surface area contributed by atoms with E-state index in [4.69, 9.17) is 4.98 Å². The number of nitrogens with zero attached hydrogens (tertiary/aromatic N) is 1. The van der Waals surface area contributed by atoms with Gasteiger partial charge < -0.3 is 0 Å². The van der Waals surface area contributed by atoms with Crippen molar-refractivity contribution in [3.05, 3.63) is 59.9 Å². The molecule has 1 heterocycles. The van der Waals surface area contributed by atoms with Crippen molar-refractivity contribution in [3.8, 4) is 11.3 Å². The average molecular weight is 417 g/mol. The Hall–Kier alpha value is -1.76. The molecule has 148 valence electrons. The van der Waals surface area contributed by atoms with E-state index in [9.17, 15) is 8.60 Å². The molecule has 0 radical (unpaired) electrons. The first-order valence-electron chi connectivity index (χ1n) is 9.12. The molecule has 28 heavy (non-hydrogen) atoms. The van der Waals surface area contributed by atoms with E-state index in [-0.39, 0.29) is 16.6 Å². The van der Waals surface area contributed by atoms with Gasteiger partial charge in [-0.15, -0.1) is 11.8 Å². The minimum atomic E-state index is -1.22. The fourth-order valence-electron chi connectivity index (χ4n) is 2.94. The molecule has 0 fully saturated rings. The number of hydrogen-bond donors (Lipinski definition) is 1. The van der Waals surface area contributed by atoms with Gasteiger partial charge in [-0.05, 0) is 63.8 Å². The van der Waals surface area contributed by atoms with Crippen LogP contribution in [0.1, 0.15) is 39.3 Å². The normalized spacial score (nSPS) is 14.2.